The van der Waals surface area contributed by atoms with E-state index in [4.69, 9.17) is 24.2 Å². The maximum atomic E-state index is 14.7. The average molecular weight is 874 g/mol. The zero-order chi connectivity index (χ0) is 44.9. The molecule has 1 aromatic carbocycles. The second-order valence-electron chi connectivity index (χ2n) is 18.2. The first-order valence-corrected chi connectivity index (χ1v) is 22.7. The second-order valence-corrected chi connectivity index (χ2v) is 19.0. The summed E-state index contributed by atoms with van der Waals surface area (Å²) in [6, 6.07) is 5.67. The molecule has 336 valence electrons. The smallest absolute Gasteiger partial charge is 0.332 e. The molecule has 3 aliphatic rings. The fraction of sp³-hybridized carbons (Fsp3) is 0.587. The van der Waals surface area contributed by atoms with Crippen LogP contribution in [0.15, 0.2) is 42.3 Å². The highest BCUT2D eigenvalue weighted by atomic mass is 32.1. The summed E-state index contributed by atoms with van der Waals surface area (Å²) in [6.07, 6.45) is 6.20. The van der Waals surface area contributed by atoms with Crippen LogP contribution in [0.3, 0.4) is 0 Å². The zero-order valence-electron chi connectivity index (χ0n) is 37.2. The predicted octanol–water partition coefficient (Wildman–Crippen LogP) is 5.93. The van der Waals surface area contributed by atoms with Gasteiger partial charge in [-0.3, -0.25) is 19.2 Å². The van der Waals surface area contributed by atoms with Crippen molar-refractivity contribution in [3.8, 4) is 22.9 Å². The number of nitrogens with one attached hydrogen (secondary N) is 5. The number of amides is 4. The molecule has 62 heavy (non-hydrogen) atoms. The normalized spacial score (nSPS) is 23.4. The van der Waals surface area contributed by atoms with Crippen LogP contribution in [0.2, 0.25) is 0 Å². The Labute approximate surface area is 368 Å². The summed E-state index contributed by atoms with van der Waals surface area (Å²) >= 11 is 1.46. The summed E-state index contributed by atoms with van der Waals surface area (Å²) in [5.74, 6) is -3.51. The van der Waals surface area contributed by atoms with Gasteiger partial charge in [0.1, 0.15) is 40.9 Å². The van der Waals surface area contributed by atoms with Crippen LogP contribution in [0, 0.1) is 29.1 Å². The Bertz CT molecular complexity index is 2150. The molecule has 3 saturated carbocycles. The number of aromatic nitrogens is 2. The first-order valence-electron chi connectivity index (χ1n) is 21.8. The summed E-state index contributed by atoms with van der Waals surface area (Å²) in [4.78, 5) is 79.5. The highest BCUT2D eigenvalue weighted by molar-refractivity contribution is 7.14. The molecule has 16 heteroatoms. The van der Waals surface area contributed by atoms with Gasteiger partial charge in [0.05, 0.1) is 36.8 Å². The molecule has 0 radical (unpaired) electrons. The number of pyridine rings is 1. The van der Waals surface area contributed by atoms with Gasteiger partial charge in [-0.15, -0.1) is 17.9 Å². The van der Waals surface area contributed by atoms with Crippen molar-refractivity contribution in [2.45, 2.75) is 123 Å². The average Bonchev–Trinajstić information content (AvgIpc) is 3.50. The van der Waals surface area contributed by atoms with E-state index < -0.39 is 64.7 Å². The Hall–Kier alpha value is -5.25. The standard InChI is InChI=1S/C46H63N7O8S/c1-10-27-23-46(27,43(58)60-11-2)53-40(55)32-20-29(61-36-22-34(35-24-62-44(50-35)48-25(3)4)49-33-21-28(59-9)17-18-30(33)36)19-31(32)39(54)52-38(45(5,6)7)42(57)51-37(41(56)47-8)26-15-13-12-14-16-26/h10,17-18,21-22,24-27,29,31-32,37-38H,1,11-16,19-20,23H2,2-9H3,(H,47,56)(H,48,50)(H,51,57)(H,52,54)(H,53,55)/t27-,29+,31-,32-,37?,38-,46-/m1/s1. The van der Waals surface area contributed by atoms with Gasteiger partial charge >= 0.3 is 5.97 Å². The lowest BCUT2D eigenvalue weighted by Gasteiger charge is -2.35. The number of hydrogen-bond donors (Lipinski definition) is 5. The molecule has 3 aromatic rings. The van der Waals surface area contributed by atoms with Crippen LogP contribution >= 0.6 is 11.3 Å². The third-order valence-electron chi connectivity index (χ3n) is 12.3. The predicted molar refractivity (Wildman–Crippen MR) is 239 cm³/mol. The van der Waals surface area contributed by atoms with Gasteiger partial charge in [0, 0.05) is 41.9 Å². The number of methoxy groups -OCH3 is 1. The number of fused-ring (bicyclic) bond motifs is 1. The van der Waals surface area contributed by atoms with Crippen LogP contribution in [-0.2, 0) is 28.7 Å². The SMILES string of the molecule is C=C[C@@H]1C[C@]1(NC(=O)[C@@H]1C[C@@H](Oc2cc(-c3csc(NC(C)C)n3)nc3cc(OC)ccc23)C[C@H]1C(=O)N[C@H](C(=O)NC(C(=O)NC)C1CCCCC1)C(C)(C)C)C(=O)OCC. The number of rotatable bonds is 17. The van der Waals surface area contributed by atoms with E-state index in [2.05, 4.69) is 33.2 Å². The number of benzene rings is 1. The molecule has 0 saturated heterocycles. The van der Waals surface area contributed by atoms with Crippen LogP contribution in [0.25, 0.3) is 22.3 Å². The van der Waals surface area contributed by atoms with Crippen LogP contribution < -0.4 is 36.1 Å². The van der Waals surface area contributed by atoms with Crippen molar-refractivity contribution in [3.63, 3.8) is 0 Å². The number of carbonyl (C=O) groups excluding carboxylic acids is 5. The lowest BCUT2D eigenvalue weighted by Crippen LogP contribution is -2.60. The molecule has 2 aromatic heterocycles. The Kier molecular flexibility index (Phi) is 14.5. The molecular weight excluding hydrogens is 811 g/mol. The minimum Gasteiger partial charge on any atom is -0.497 e. The lowest BCUT2D eigenvalue weighted by atomic mass is 9.82. The van der Waals surface area contributed by atoms with Crippen molar-refractivity contribution < 1.29 is 38.2 Å². The van der Waals surface area contributed by atoms with E-state index in [-0.39, 0.29) is 43.2 Å². The number of likely N-dealkylation sites (N-methyl/N-ethyl adjacent to an activating group) is 1. The summed E-state index contributed by atoms with van der Waals surface area (Å²) in [6.45, 7) is 15.3. The highest BCUT2D eigenvalue weighted by Gasteiger charge is 2.62. The minimum atomic E-state index is -1.29. The second kappa shape index (κ2) is 19.4. The van der Waals surface area contributed by atoms with Crippen LogP contribution in [0.5, 0.6) is 11.5 Å². The summed E-state index contributed by atoms with van der Waals surface area (Å²) in [5.41, 5.74) is -0.250. The zero-order valence-corrected chi connectivity index (χ0v) is 38.0. The van der Waals surface area contributed by atoms with E-state index in [1.54, 1.807) is 27.2 Å². The topological polar surface area (TPSA) is 199 Å². The van der Waals surface area contributed by atoms with Gasteiger partial charge in [-0.25, -0.2) is 14.8 Å². The monoisotopic (exact) mass is 873 g/mol. The third-order valence-corrected chi connectivity index (χ3v) is 13.1. The number of thiazole rings is 1. The first-order chi connectivity index (χ1) is 29.5. The van der Waals surface area contributed by atoms with Crippen molar-refractivity contribution in [1.29, 1.82) is 0 Å². The molecule has 0 bridgehead atoms. The van der Waals surface area contributed by atoms with Gasteiger partial charge in [-0.2, -0.15) is 0 Å². The van der Waals surface area contributed by atoms with Crippen LogP contribution in [0.1, 0.15) is 92.9 Å². The molecule has 0 spiro atoms. The molecule has 7 atom stereocenters. The van der Waals surface area contributed by atoms with E-state index in [0.717, 1.165) is 37.2 Å². The Balaban J connectivity index is 1.32. The first kappa shape index (κ1) is 46.3. The van der Waals surface area contributed by atoms with Crippen molar-refractivity contribution >= 4 is 57.0 Å². The van der Waals surface area contributed by atoms with Gasteiger partial charge in [-0.05, 0) is 76.3 Å². The fourth-order valence-corrected chi connectivity index (χ4v) is 9.69. The largest absolute Gasteiger partial charge is 0.497 e. The Morgan fingerprint density at radius 2 is 1.68 bits per heavy atom. The highest BCUT2D eigenvalue weighted by Crippen LogP contribution is 2.47. The molecular formula is C46H63N7O8S. The van der Waals surface area contributed by atoms with E-state index >= 15 is 0 Å². The van der Waals surface area contributed by atoms with E-state index in [1.165, 1.54) is 11.3 Å². The van der Waals surface area contributed by atoms with E-state index in [0.29, 0.717) is 40.2 Å². The third kappa shape index (κ3) is 10.3. The fourth-order valence-electron chi connectivity index (χ4n) is 8.84. The molecule has 3 fully saturated rings. The molecule has 6 rings (SSSR count). The molecule has 15 nitrogen and oxygen atoms in total. The lowest BCUT2D eigenvalue weighted by molar-refractivity contribution is -0.150. The van der Waals surface area contributed by atoms with Gasteiger partial charge in [-0.1, -0.05) is 46.1 Å². The number of hydrogen-bond acceptors (Lipinski definition) is 12. The van der Waals surface area contributed by atoms with Crippen molar-refractivity contribution in [2.75, 3.05) is 26.1 Å². The quantitative estimate of drug-likeness (QED) is 0.0797. The van der Waals surface area contributed by atoms with Crippen LogP contribution in [0.4, 0.5) is 5.13 Å². The molecule has 3 aliphatic carbocycles. The number of nitrogens with zero attached hydrogens (tertiary/aromatic N) is 2. The maximum Gasteiger partial charge on any atom is 0.332 e. The van der Waals surface area contributed by atoms with Crippen molar-refractivity contribution in [2.24, 2.45) is 29.1 Å². The van der Waals surface area contributed by atoms with Gasteiger partial charge in [0.2, 0.25) is 23.6 Å². The molecule has 1 unspecified atom stereocenters. The molecule has 4 amide bonds. The Morgan fingerprint density at radius 1 is 0.968 bits per heavy atom. The molecule has 5 N–H and O–H groups in total. The van der Waals surface area contributed by atoms with Gasteiger partial charge in [0.25, 0.3) is 0 Å². The van der Waals surface area contributed by atoms with Crippen molar-refractivity contribution in [1.82, 2.24) is 31.2 Å². The van der Waals surface area contributed by atoms with Crippen molar-refractivity contribution in [3.05, 3.63) is 42.3 Å². The number of anilines is 1. The van der Waals surface area contributed by atoms with Gasteiger partial charge in [0.15, 0.2) is 5.13 Å². The van der Waals surface area contributed by atoms with Gasteiger partial charge < -0.3 is 40.8 Å². The van der Waals surface area contributed by atoms with E-state index in [9.17, 15) is 24.0 Å². The molecule has 0 aliphatic heterocycles. The molecule has 2 heterocycles. The number of carbonyl (C=O) groups is 5. The summed E-state index contributed by atoms with van der Waals surface area (Å²) in [7, 11) is 3.13. The van der Waals surface area contributed by atoms with Crippen LogP contribution in [-0.4, -0.2) is 90.1 Å². The number of esters is 1. The Morgan fingerprint density at radius 3 is 2.29 bits per heavy atom. The van der Waals surface area contributed by atoms with E-state index in [1.807, 2.05) is 64.3 Å². The maximum absolute atomic E-state index is 14.7. The summed E-state index contributed by atoms with van der Waals surface area (Å²) in [5, 5.41) is 18.3. The minimum absolute atomic E-state index is 0.0292. The summed E-state index contributed by atoms with van der Waals surface area (Å²) < 4.78 is 17.7. The number of ether oxygens (including phenoxy) is 3.